The quantitative estimate of drug-likeness (QED) is 0.707. The molecule has 2 aromatic heterocycles. The first-order valence-corrected chi connectivity index (χ1v) is 5.80. The molecule has 0 atom stereocenters. The molecule has 0 saturated heterocycles. The molecule has 0 aliphatic carbocycles. The largest absolute Gasteiger partial charge is 0.384 e. The Labute approximate surface area is 105 Å². The Morgan fingerprint density at radius 1 is 1.22 bits per heavy atom. The van der Waals surface area contributed by atoms with E-state index in [1.165, 1.54) is 0 Å². The van der Waals surface area contributed by atoms with Crippen LogP contribution in [-0.2, 0) is 14.1 Å². The van der Waals surface area contributed by atoms with E-state index in [2.05, 4.69) is 20.7 Å². The van der Waals surface area contributed by atoms with Crippen LogP contribution in [0.25, 0.3) is 22.3 Å². The van der Waals surface area contributed by atoms with Gasteiger partial charge in [-0.15, -0.1) is 0 Å². The highest BCUT2D eigenvalue weighted by Gasteiger charge is 2.12. The first-order chi connectivity index (χ1) is 8.58. The van der Waals surface area contributed by atoms with Crippen molar-refractivity contribution in [1.29, 1.82) is 0 Å². The molecule has 2 N–H and O–H groups in total. The van der Waals surface area contributed by atoms with Crippen LogP contribution < -0.4 is 5.73 Å². The Hall–Kier alpha value is -2.30. The van der Waals surface area contributed by atoms with Gasteiger partial charge in [0.1, 0.15) is 11.6 Å². The van der Waals surface area contributed by atoms with Gasteiger partial charge in [0.15, 0.2) is 0 Å². The minimum Gasteiger partial charge on any atom is -0.384 e. The van der Waals surface area contributed by atoms with E-state index in [1.54, 1.807) is 4.68 Å². The van der Waals surface area contributed by atoms with Gasteiger partial charge in [-0.2, -0.15) is 5.10 Å². The zero-order valence-electron chi connectivity index (χ0n) is 10.7. The van der Waals surface area contributed by atoms with Crippen LogP contribution in [-0.4, -0.2) is 19.3 Å². The minimum absolute atomic E-state index is 0.648. The van der Waals surface area contributed by atoms with Crippen LogP contribution in [0.15, 0.2) is 24.3 Å². The van der Waals surface area contributed by atoms with Crippen LogP contribution >= 0.6 is 0 Å². The second kappa shape index (κ2) is 3.60. The number of anilines is 1. The van der Waals surface area contributed by atoms with Crippen molar-refractivity contribution in [2.24, 2.45) is 14.1 Å². The summed E-state index contributed by atoms with van der Waals surface area (Å²) in [6.45, 7) is 2.00. The molecule has 3 aromatic rings. The summed E-state index contributed by atoms with van der Waals surface area (Å²) in [6.07, 6.45) is 0. The van der Waals surface area contributed by atoms with Crippen molar-refractivity contribution < 1.29 is 0 Å². The SMILES string of the molecule is Cc1nc2c(-c3cc(N)n(C)n3)cccc2n1C. The van der Waals surface area contributed by atoms with Crippen molar-refractivity contribution >= 4 is 16.9 Å². The predicted octanol–water partition coefficient (Wildman–Crippen LogP) is 1.86. The Morgan fingerprint density at radius 3 is 2.67 bits per heavy atom. The zero-order valence-corrected chi connectivity index (χ0v) is 10.7. The molecule has 92 valence electrons. The first kappa shape index (κ1) is 10.8. The normalized spacial score (nSPS) is 11.3. The Bertz CT molecular complexity index is 716. The van der Waals surface area contributed by atoms with Crippen LogP contribution in [0.2, 0.25) is 0 Å². The molecule has 1 aromatic carbocycles. The average molecular weight is 241 g/mol. The molecule has 0 unspecified atom stereocenters. The van der Waals surface area contributed by atoms with Crippen molar-refractivity contribution in [3.05, 3.63) is 30.1 Å². The molecule has 5 nitrogen and oxygen atoms in total. The van der Waals surface area contributed by atoms with Gasteiger partial charge >= 0.3 is 0 Å². The molecule has 3 rings (SSSR count). The molecule has 0 saturated carbocycles. The zero-order chi connectivity index (χ0) is 12.9. The van der Waals surface area contributed by atoms with E-state index in [0.29, 0.717) is 5.82 Å². The van der Waals surface area contributed by atoms with E-state index >= 15 is 0 Å². The van der Waals surface area contributed by atoms with Crippen molar-refractivity contribution in [3.8, 4) is 11.3 Å². The second-order valence-corrected chi connectivity index (χ2v) is 4.47. The van der Waals surface area contributed by atoms with E-state index in [0.717, 1.165) is 28.1 Å². The summed E-state index contributed by atoms with van der Waals surface area (Å²) >= 11 is 0. The number of para-hydroxylation sites is 1. The number of fused-ring (bicyclic) bond motifs is 1. The van der Waals surface area contributed by atoms with Crippen molar-refractivity contribution in [2.45, 2.75) is 6.92 Å². The van der Waals surface area contributed by atoms with E-state index in [1.807, 2.05) is 39.2 Å². The number of nitrogen functional groups attached to an aromatic ring is 1. The summed E-state index contributed by atoms with van der Waals surface area (Å²) in [7, 11) is 3.85. The van der Waals surface area contributed by atoms with Crippen LogP contribution in [0.4, 0.5) is 5.82 Å². The van der Waals surface area contributed by atoms with E-state index in [4.69, 9.17) is 5.73 Å². The number of benzene rings is 1. The number of rotatable bonds is 1. The van der Waals surface area contributed by atoms with Gasteiger partial charge in [-0.25, -0.2) is 4.98 Å². The lowest BCUT2D eigenvalue weighted by Crippen LogP contribution is -1.96. The van der Waals surface area contributed by atoms with Crippen molar-refractivity contribution in [3.63, 3.8) is 0 Å². The highest BCUT2D eigenvalue weighted by molar-refractivity contribution is 5.91. The number of aryl methyl sites for hydroxylation is 3. The number of nitrogens with zero attached hydrogens (tertiary/aromatic N) is 4. The summed E-state index contributed by atoms with van der Waals surface area (Å²) < 4.78 is 3.75. The number of imidazole rings is 1. The standard InChI is InChI=1S/C13H15N5/c1-8-15-13-9(5-4-6-11(13)17(8)2)10-7-12(14)18(3)16-10/h4-7H,14H2,1-3H3. The van der Waals surface area contributed by atoms with Gasteiger partial charge < -0.3 is 10.3 Å². The summed E-state index contributed by atoms with van der Waals surface area (Å²) in [6, 6.07) is 7.98. The topological polar surface area (TPSA) is 61.7 Å². The number of aromatic nitrogens is 4. The number of nitrogens with two attached hydrogens (primary N) is 1. The predicted molar refractivity (Wildman–Crippen MR) is 72.1 cm³/mol. The lowest BCUT2D eigenvalue weighted by molar-refractivity contribution is 0.782. The lowest BCUT2D eigenvalue weighted by Gasteiger charge is -1.99. The maximum atomic E-state index is 5.83. The van der Waals surface area contributed by atoms with Crippen LogP contribution in [0.5, 0.6) is 0 Å². The first-order valence-electron chi connectivity index (χ1n) is 5.80. The fourth-order valence-corrected chi connectivity index (χ4v) is 2.15. The molecule has 0 radical (unpaired) electrons. The minimum atomic E-state index is 0.648. The number of hydrogen-bond acceptors (Lipinski definition) is 3. The average Bonchev–Trinajstić information content (AvgIpc) is 2.82. The lowest BCUT2D eigenvalue weighted by atomic mass is 10.1. The fraction of sp³-hybridized carbons (Fsp3) is 0.231. The van der Waals surface area contributed by atoms with Crippen molar-refractivity contribution in [1.82, 2.24) is 19.3 Å². The maximum Gasteiger partial charge on any atom is 0.121 e. The fourth-order valence-electron chi connectivity index (χ4n) is 2.15. The van der Waals surface area contributed by atoms with E-state index < -0.39 is 0 Å². The van der Waals surface area contributed by atoms with E-state index in [-0.39, 0.29) is 0 Å². The Kier molecular flexibility index (Phi) is 2.16. The molecule has 18 heavy (non-hydrogen) atoms. The molecule has 5 heteroatoms. The molecule has 0 amide bonds. The highest BCUT2D eigenvalue weighted by Crippen LogP contribution is 2.28. The van der Waals surface area contributed by atoms with Crippen LogP contribution in [0, 0.1) is 6.92 Å². The molecule has 0 aliphatic heterocycles. The Morgan fingerprint density at radius 2 is 2.00 bits per heavy atom. The summed E-state index contributed by atoms with van der Waals surface area (Å²) in [4.78, 5) is 4.60. The smallest absolute Gasteiger partial charge is 0.121 e. The second-order valence-electron chi connectivity index (χ2n) is 4.47. The molecular weight excluding hydrogens is 226 g/mol. The monoisotopic (exact) mass is 241 g/mol. The van der Waals surface area contributed by atoms with Gasteiger partial charge in [0, 0.05) is 25.7 Å². The molecule has 2 heterocycles. The van der Waals surface area contributed by atoms with Gasteiger partial charge in [-0.1, -0.05) is 12.1 Å². The maximum absolute atomic E-state index is 5.83. The molecule has 0 bridgehead atoms. The molecule has 0 aliphatic rings. The summed E-state index contributed by atoms with van der Waals surface area (Å²) in [5.74, 6) is 1.64. The van der Waals surface area contributed by atoms with Gasteiger partial charge in [0.05, 0.1) is 16.7 Å². The van der Waals surface area contributed by atoms with E-state index in [9.17, 15) is 0 Å². The van der Waals surface area contributed by atoms with Gasteiger partial charge in [0.2, 0.25) is 0 Å². The van der Waals surface area contributed by atoms with Crippen LogP contribution in [0.1, 0.15) is 5.82 Å². The summed E-state index contributed by atoms with van der Waals surface area (Å²) in [5.41, 5.74) is 9.78. The third kappa shape index (κ3) is 1.40. The Balaban J connectivity index is 2.32. The van der Waals surface area contributed by atoms with Gasteiger partial charge in [-0.3, -0.25) is 4.68 Å². The molecular formula is C13H15N5. The highest BCUT2D eigenvalue weighted by atomic mass is 15.3. The third-order valence-corrected chi connectivity index (χ3v) is 3.33. The molecule has 0 fully saturated rings. The van der Waals surface area contributed by atoms with Gasteiger partial charge in [0.25, 0.3) is 0 Å². The van der Waals surface area contributed by atoms with Gasteiger partial charge in [-0.05, 0) is 13.0 Å². The van der Waals surface area contributed by atoms with Crippen molar-refractivity contribution in [2.75, 3.05) is 5.73 Å². The number of hydrogen-bond donors (Lipinski definition) is 1. The molecule has 0 spiro atoms. The van der Waals surface area contributed by atoms with Crippen LogP contribution in [0.3, 0.4) is 0 Å². The third-order valence-electron chi connectivity index (χ3n) is 3.33. The summed E-state index contributed by atoms with van der Waals surface area (Å²) in [5, 5.41) is 4.41.